The Kier molecular flexibility index (Phi) is 1.90. The van der Waals surface area contributed by atoms with E-state index < -0.39 is 5.97 Å². The molecule has 0 radical (unpaired) electrons. The van der Waals surface area contributed by atoms with E-state index in [0.717, 1.165) is 11.3 Å². The second-order valence-electron chi connectivity index (χ2n) is 2.30. The number of nitrogens with zero attached hydrogens (tertiary/aromatic N) is 2. The predicted molar refractivity (Wildman–Crippen MR) is 49.4 cm³/mol. The third-order valence-corrected chi connectivity index (χ3v) is 2.61. The summed E-state index contributed by atoms with van der Waals surface area (Å²) in [5, 5.41) is 8.95. The first-order valence-corrected chi connectivity index (χ1v) is 4.51. The van der Waals surface area contributed by atoms with Gasteiger partial charge in [-0.3, -0.25) is 4.98 Å². The Bertz CT molecular complexity index is 482. The van der Waals surface area contributed by atoms with Gasteiger partial charge in [-0.05, 0) is 6.07 Å². The molecule has 0 atom stereocenters. The van der Waals surface area contributed by atoms with Crippen LogP contribution in [0.4, 0.5) is 0 Å². The Morgan fingerprint density at radius 1 is 1.62 bits per heavy atom. The highest BCUT2D eigenvalue weighted by Gasteiger charge is 2.09. The number of hydrogen-bond acceptors (Lipinski definition) is 4. The third-order valence-electron chi connectivity index (χ3n) is 1.42. The molecule has 0 spiro atoms. The monoisotopic (exact) mass is 214 g/mol. The summed E-state index contributed by atoms with van der Waals surface area (Å²) in [6.07, 6.45) is 1.39. The van der Waals surface area contributed by atoms with E-state index in [-0.39, 0.29) is 10.0 Å². The van der Waals surface area contributed by atoms with Gasteiger partial charge < -0.3 is 5.11 Å². The average molecular weight is 215 g/mol. The van der Waals surface area contributed by atoms with Gasteiger partial charge in [-0.2, -0.15) is 0 Å². The number of thiophene rings is 1. The van der Waals surface area contributed by atoms with Crippen molar-refractivity contribution in [3.8, 4) is 0 Å². The van der Waals surface area contributed by atoms with Gasteiger partial charge >= 0.3 is 5.97 Å². The number of hydrogen-bond donors (Lipinski definition) is 1. The lowest BCUT2D eigenvalue weighted by molar-refractivity contribution is 0.0702. The summed E-state index contributed by atoms with van der Waals surface area (Å²) in [5.41, 5.74) is 0.562. The molecular weight excluding hydrogens is 212 g/mol. The molecule has 2 heterocycles. The molecule has 0 aliphatic carbocycles. The molecule has 6 heteroatoms. The number of aromatic nitrogens is 2. The van der Waals surface area contributed by atoms with Crippen LogP contribution in [0.2, 0.25) is 5.15 Å². The van der Waals surface area contributed by atoms with Gasteiger partial charge in [-0.1, -0.05) is 11.6 Å². The molecule has 0 bridgehead atoms. The molecule has 66 valence electrons. The van der Waals surface area contributed by atoms with Crippen molar-refractivity contribution in [3.63, 3.8) is 0 Å². The van der Waals surface area contributed by atoms with Crippen molar-refractivity contribution < 1.29 is 9.90 Å². The minimum Gasteiger partial charge on any atom is -0.477 e. The maximum Gasteiger partial charge on any atom is 0.346 e. The van der Waals surface area contributed by atoms with E-state index in [1.54, 1.807) is 0 Å². The van der Waals surface area contributed by atoms with Crippen molar-refractivity contribution in [3.05, 3.63) is 22.3 Å². The van der Waals surface area contributed by atoms with E-state index >= 15 is 0 Å². The van der Waals surface area contributed by atoms with Crippen LogP contribution < -0.4 is 0 Å². The fourth-order valence-corrected chi connectivity index (χ4v) is 1.91. The first-order chi connectivity index (χ1) is 6.16. The van der Waals surface area contributed by atoms with E-state index in [0.29, 0.717) is 10.3 Å². The predicted octanol–water partition coefficient (Wildman–Crippen LogP) is 2.04. The molecule has 0 amide bonds. The van der Waals surface area contributed by atoms with E-state index in [1.165, 1.54) is 12.3 Å². The number of carbonyl (C=O) groups is 1. The fraction of sp³-hybridized carbons (Fsp3) is 0. The molecule has 0 saturated heterocycles. The van der Waals surface area contributed by atoms with Gasteiger partial charge in [0, 0.05) is 0 Å². The molecule has 0 aliphatic heterocycles. The number of rotatable bonds is 1. The van der Waals surface area contributed by atoms with Crippen LogP contribution in [0.5, 0.6) is 0 Å². The van der Waals surface area contributed by atoms with Crippen LogP contribution in [-0.2, 0) is 0 Å². The number of aromatic carboxylic acids is 1. The van der Waals surface area contributed by atoms with Gasteiger partial charge in [-0.15, -0.1) is 11.3 Å². The molecule has 2 aromatic heterocycles. The largest absolute Gasteiger partial charge is 0.477 e. The third kappa shape index (κ3) is 1.48. The number of fused-ring (bicyclic) bond motifs is 1. The minimum absolute atomic E-state index is 0.220. The minimum atomic E-state index is -0.971. The molecule has 0 saturated carbocycles. The SMILES string of the molecule is O=C(O)c1cc2ncc(Cl)nc2s1. The average Bonchev–Trinajstić information content (AvgIpc) is 2.46. The van der Waals surface area contributed by atoms with Gasteiger partial charge in [0.2, 0.25) is 0 Å². The first kappa shape index (κ1) is 8.40. The second kappa shape index (κ2) is 2.93. The second-order valence-corrected chi connectivity index (χ2v) is 3.72. The molecule has 0 fully saturated rings. The van der Waals surface area contributed by atoms with E-state index in [9.17, 15) is 4.79 Å². The normalized spacial score (nSPS) is 10.5. The number of carboxylic acids is 1. The van der Waals surface area contributed by atoms with Crippen molar-refractivity contribution in [2.75, 3.05) is 0 Å². The molecule has 0 unspecified atom stereocenters. The zero-order valence-electron chi connectivity index (χ0n) is 6.19. The molecule has 4 nitrogen and oxygen atoms in total. The summed E-state index contributed by atoms with van der Waals surface area (Å²) < 4.78 is 0. The summed E-state index contributed by atoms with van der Waals surface area (Å²) in [6.45, 7) is 0. The Balaban J connectivity index is 2.68. The Labute approximate surface area is 81.8 Å². The molecule has 13 heavy (non-hydrogen) atoms. The van der Waals surface area contributed by atoms with Crippen molar-refractivity contribution in [2.45, 2.75) is 0 Å². The van der Waals surface area contributed by atoms with Crippen LogP contribution in [0.1, 0.15) is 9.67 Å². The summed E-state index contributed by atoms with van der Waals surface area (Å²) in [7, 11) is 0. The summed E-state index contributed by atoms with van der Waals surface area (Å²) in [6, 6.07) is 1.48. The van der Waals surface area contributed by atoms with Crippen LogP contribution >= 0.6 is 22.9 Å². The topological polar surface area (TPSA) is 63.1 Å². The Hall–Kier alpha value is -1.20. The lowest BCUT2D eigenvalue weighted by Gasteiger charge is -1.86. The summed E-state index contributed by atoms with van der Waals surface area (Å²) in [4.78, 5) is 19.2. The van der Waals surface area contributed by atoms with Gasteiger partial charge in [-0.25, -0.2) is 9.78 Å². The fourth-order valence-electron chi connectivity index (χ4n) is 0.898. The highest BCUT2D eigenvalue weighted by atomic mass is 35.5. The van der Waals surface area contributed by atoms with Crippen LogP contribution in [0.3, 0.4) is 0 Å². The standard InChI is InChI=1S/C7H3ClN2O2S/c8-5-2-9-3-1-4(7(11)12)13-6(3)10-5/h1-2H,(H,11,12). The molecule has 1 N–H and O–H groups in total. The summed E-state index contributed by atoms with van der Waals surface area (Å²) in [5.74, 6) is -0.971. The van der Waals surface area contributed by atoms with E-state index in [1.807, 2.05) is 0 Å². The Morgan fingerprint density at radius 3 is 3.08 bits per heavy atom. The molecule has 0 aliphatic rings. The molecule has 2 aromatic rings. The first-order valence-electron chi connectivity index (χ1n) is 3.32. The van der Waals surface area contributed by atoms with Crippen molar-refractivity contribution in [2.24, 2.45) is 0 Å². The van der Waals surface area contributed by atoms with Crippen LogP contribution in [0.25, 0.3) is 10.3 Å². The molecular formula is C7H3ClN2O2S. The van der Waals surface area contributed by atoms with Crippen molar-refractivity contribution >= 4 is 39.3 Å². The highest BCUT2D eigenvalue weighted by Crippen LogP contribution is 2.23. The van der Waals surface area contributed by atoms with Crippen LogP contribution in [0, 0.1) is 0 Å². The van der Waals surface area contributed by atoms with E-state index in [2.05, 4.69) is 9.97 Å². The van der Waals surface area contributed by atoms with Crippen molar-refractivity contribution in [1.29, 1.82) is 0 Å². The highest BCUT2D eigenvalue weighted by molar-refractivity contribution is 7.20. The van der Waals surface area contributed by atoms with Gasteiger partial charge in [0.05, 0.1) is 6.20 Å². The quantitative estimate of drug-likeness (QED) is 0.789. The molecule has 0 aromatic carbocycles. The van der Waals surface area contributed by atoms with Crippen molar-refractivity contribution in [1.82, 2.24) is 9.97 Å². The van der Waals surface area contributed by atoms with Gasteiger partial charge in [0.1, 0.15) is 20.4 Å². The number of halogens is 1. The van der Waals surface area contributed by atoms with Crippen LogP contribution in [-0.4, -0.2) is 21.0 Å². The van der Waals surface area contributed by atoms with E-state index in [4.69, 9.17) is 16.7 Å². The summed E-state index contributed by atoms with van der Waals surface area (Å²) >= 11 is 6.66. The maximum atomic E-state index is 10.6. The zero-order valence-corrected chi connectivity index (χ0v) is 7.76. The van der Waals surface area contributed by atoms with Gasteiger partial charge in [0.25, 0.3) is 0 Å². The molecule has 2 rings (SSSR count). The lowest BCUT2D eigenvalue weighted by Crippen LogP contribution is -1.89. The van der Waals surface area contributed by atoms with Crippen LogP contribution in [0.15, 0.2) is 12.3 Å². The Morgan fingerprint density at radius 2 is 2.38 bits per heavy atom. The maximum absolute atomic E-state index is 10.6. The lowest BCUT2D eigenvalue weighted by atomic mass is 10.4. The smallest absolute Gasteiger partial charge is 0.346 e. The number of carboxylic acid groups (broad SMARTS) is 1. The zero-order chi connectivity index (χ0) is 9.42. The van der Waals surface area contributed by atoms with Gasteiger partial charge in [0.15, 0.2) is 0 Å².